The fourth-order valence-electron chi connectivity index (χ4n) is 2.68. The van der Waals surface area contributed by atoms with E-state index in [-0.39, 0.29) is 12.1 Å². The number of aliphatic hydroxyl groups is 1. The standard InChI is InChI=1S/C14H21NO/c1-12(13-7-3-2-4-8-13)15-14(11-16)9-5-6-10-14/h2-4,7-8,12,15-16H,5-6,9-11H2,1H3. The second-order valence-electron chi connectivity index (χ2n) is 4.92. The molecule has 16 heavy (non-hydrogen) atoms. The summed E-state index contributed by atoms with van der Waals surface area (Å²) in [6.45, 7) is 2.43. The Morgan fingerprint density at radius 3 is 2.44 bits per heavy atom. The van der Waals surface area contributed by atoms with E-state index in [0.717, 1.165) is 12.8 Å². The average Bonchev–Trinajstić information content (AvgIpc) is 2.79. The molecule has 2 rings (SSSR count). The van der Waals surface area contributed by atoms with Crippen molar-refractivity contribution in [2.45, 2.75) is 44.2 Å². The summed E-state index contributed by atoms with van der Waals surface area (Å²) in [6, 6.07) is 10.7. The Kier molecular flexibility index (Phi) is 3.62. The lowest BCUT2D eigenvalue weighted by Crippen LogP contribution is -2.47. The zero-order valence-electron chi connectivity index (χ0n) is 9.95. The molecule has 2 N–H and O–H groups in total. The molecule has 0 amide bonds. The van der Waals surface area contributed by atoms with Gasteiger partial charge in [-0.3, -0.25) is 0 Å². The third kappa shape index (κ3) is 2.45. The first-order valence-corrected chi connectivity index (χ1v) is 6.19. The fourth-order valence-corrected chi connectivity index (χ4v) is 2.68. The number of rotatable bonds is 4. The maximum atomic E-state index is 9.55. The predicted molar refractivity (Wildman–Crippen MR) is 66.3 cm³/mol. The van der Waals surface area contributed by atoms with Crippen molar-refractivity contribution in [1.82, 2.24) is 5.32 Å². The van der Waals surface area contributed by atoms with Crippen LogP contribution >= 0.6 is 0 Å². The Bertz CT molecular complexity index is 317. The number of hydrogen-bond acceptors (Lipinski definition) is 2. The monoisotopic (exact) mass is 219 g/mol. The molecular weight excluding hydrogens is 198 g/mol. The van der Waals surface area contributed by atoms with Crippen LogP contribution in [0.4, 0.5) is 0 Å². The first kappa shape index (κ1) is 11.6. The average molecular weight is 219 g/mol. The summed E-state index contributed by atoms with van der Waals surface area (Å²) in [5.41, 5.74) is 1.26. The van der Waals surface area contributed by atoms with Crippen LogP contribution in [0.1, 0.15) is 44.2 Å². The largest absolute Gasteiger partial charge is 0.394 e. The molecule has 1 atom stereocenters. The molecular formula is C14H21NO. The summed E-state index contributed by atoms with van der Waals surface area (Å²) in [4.78, 5) is 0. The van der Waals surface area contributed by atoms with Gasteiger partial charge in [0, 0.05) is 11.6 Å². The highest BCUT2D eigenvalue weighted by Crippen LogP contribution is 2.31. The first-order chi connectivity index (χ1) is 7.76. The van der Waals surface area contributed by atoms with Crippen LogP contribution in [0.3, 0.4) is 0 Å². The minimum Gasteiger partial charge on any atom is -0.394 e. The molecule has 0 heterocycles. The summed E-state index contributed by atoms with van der Waals surface area (Å²) < 4.78 is 0. The van der Waals surface area contributed by atoms with E-state index < -0.39 is 0 Å². The van der Waals surface area contributed by atoms with Gasteiger partial charge in [0.25, 0.3) is 0 Å². The predicted octanol–water partition coefficient (Wildman–Crippen LogP) is 2.64. The Labute approximate surface area is 97.7 Å². The van der Waals surface area contributed by atoms with Crippen molar-refractivity contribution in [3.63, 3.8) is 0 Å². The van der Waals surface area contributed by atoms with Gasteiger partial charge in [0.05, 0.1) is 6.61 Å². The summed E-state index contributed by atoms with van der Waals surface area (Å²) in [6.07, 6.45) is 4.66. The Morgan fingerprint density at radius 2 is 1.88 bits per heavy atom. The lowest BCUT2D eigenvalue weighted by atomic mass is 9.96. The number of hydrogen-bond donors (Lipinski definition) is 2. The van der Waals surface area contributed by atoms with Gasteiger partial charge in [-0.15, -0.1) is 0 Å². The minimum absolute atomic E-state index is 0.0325. The molecule has 0 aliphatic heterocycles. The van der Waals surface area contributed by atoms with Gasteiger partial charge in [0.1, 0.15) is 0 Å². The van der Waals surface area contributed by atoms with Crippen molar-refractivity contribution >= 4 is 0 Å². The summed E-state index contributed by atoms with van der Waals surface area (Å²) in [7, 11) is 0. The maximum Gasteiger partial charge on any atom is 0.0613 e. The molecule has 2 heteroatoms. The minimum atomic E-state index is -0.0325. The molecule has 0 saturated heterocycles. The lowest BCUT2D eigenvalue weighted by molar-refractivity contribution is 0.153. The molecule has 2 nitrogen and oxygen atoms in total. The van der Waals surface area contributed by atoms with Gasteiger partial charge in [0.15, 0.2) is 0 Å². The van der Waals surface area contributed by atoms with Crippen molar-refractivity contribution in [3.8, 4) is 0 Å². The number of nitrogens with one attached hydrogen (secondary N) is 1. The van der Waals surface area contributed by atoms with Gasteiger partial charge in [-0.25, -0.2) is 0 Å². The van der Waals surface area contributed by atoms with Crippen LogP contribution in [0.15, 0.2) is 30.3 Å². The first-order valence-electron chi connectivity index (χ1n) is 6.19. The van der Waals surface area contributed by atoms with E-state index in [1.54, 1.807) is 0 Å². The summed E-state index contributed by atoms with van der Waals surface area (Å²) in [5, 5.41) is 13.2. The molecule has 1 aliphatic carbocycles. The zero-order valence-corrected chi connectivity index (χ0v) is 9.95. The van der Waals surface area contributed by atoms with E-state index in [0.29, 0.717) is 6.04 Å². The second kappa shape index (κ2) is 4.98. The summed E-state index contributed by atoms with van der Waals surface area (Å²) in [5.74, 6) is 0. The third-order valence-electron chi connectivity index (χ3n) is 3.69. The lowest BCUT2D eigenvalue weighted by Gasteiger charge is -2.32. The van der Waals surface area contributed by atoms with Crippen molar-refractivity contribution < 1.29 is 5.11 Å². The van der Waals surface area contributed by atoms with Crippen LogP contribution in [0.25, 0.3) is 0 Å². The van der Waals surface area contributed by atoms with Gasteiger partial charge < -0.3 is 10.4 Å². The van der Waals surface area contributed by atoms with Gasteiger partial charge in [-0.1, -0.05) is 43.2 Å². The second-order valence-corrected chi connectivity index (χ2v) is 4.92. The molecule has 0 spiro atoms. The molecule has 1 saturated carbocycles. The highest BCUT2D eigenvalue weighted by Gasteiger charge is 2.34. The zero-order chi connectivity index (χ0) is 11.4. The van der Waals surface area contributed by atoms with Crippen LogP contribution in [0, 0.1) is 0 Å². The van der Waals surface area contributed by atoms with Gasteiger partial charge >= 0.3 is 0 Å². The number of benzene rings is 1. The van der Waals surface area contributed by atoms with Gasteiger partial charge in [-0.2, -0.15) is 0 Å². The van der Waals surface area contributed by atoms with Gasteiger partial charge in [-0.05, 0) is 25.3 Å². The highest BCUT2D eigenvalue weighted by atomic mass is 16.3. The third-order valence-corrected chi connectivity index (χ3v) is 3.69. The molecule has 88 valence electrons. The highest BCUT2D eigenvalue weighted by molar-refractivity contribution is 5.19. The topological polar surface area (TPSA) is 32.3 Å². The van der Waals surface area contributed by atoms with E-state index >= 15 is 0 Å². The fraction of sp³-hybridized carbons (Fsp3) is 0.571. The van der Waals surface area contributed by atoms with Crippen LogP contribution in [0.2, 0.25) is 0 Å². The molecule has 0 bridgehead atoms. The van der Waals surface area contributed by atoms with E-state index in [4.69, 9.17) is 0 Å². The molecule has 1 aromatic carbocycles. The molecule has 0 radical (unpaired) electrons. The Balaban J connectivity index is 2.03. The SMILES string of the molecule is CC(NC1(CO)CCCC1)c1ccccc1. The molecule has 1 unspecified atom stereocenters. The van der Waals surface area contributed by atoms with Crippen LogP contribution in [-0.2, 0) is 0 Å². The molecule has 1 aromatic rings. The van der Waals surface area contributed by atoms with E-state index in [1.165, 1.54) is 18.4 Å². The van der Waals surface area contributed by atoms with Crippen molar-refractivity contribution in [3.05, 3.63) is 35.9 Å². The van der Waals surface area contributed by atoms with Crippen molar-refractivity contribution in [2.75, 3.05) is 6.61 Å². The molecule has 1 aliphatic rings. The quantitative estimate of drug-likeness (QED) is 0.816. The molecule has 1 fully saturated rings. The van der Waals surface area contributed by atoms with Crippen LogP contribution < -0.4 is 5.32 Å². The van der Waals surface area contributed by atoms with Crippen LogP contribution in [0.5, 0.6) is 0 Å². The summed E-state index contributed by atoms with van der Waals surface area (Å²) >= 11 is 0. The van der Waals surface area contributed by atoms with E-state index in [9.17, 15) is 5.11 Å². The van der Waals surface area contributed by atoms with Crippen molar-refractivity contribution in [1.29, 1.82) is 0 Å². The molecule has 0 aromatic heterocycles. The van der Waals surface area contributed by atoms with Crippen LogP contribution in [-0.4, -0.2) is 17.3 Å². The smallest absolute Gasteiger partial charge is 0.0613 e. The normalized spacial score (nSPS) is 20.9. The Hall–Kier alpha value is -0.860. The number of aliphatic hydroxyl groups excluding tert-OH is 1. The van der Waals surface area contributed by atoms with E-state index in [1.807, 2.05) is 6.07 Å². The van der Waals surface area contributed by atoms with Crippen molar-refractivity contribution in [2.24, 2.45) is 0 Å². The van der Waals surface area contributed by atoms with E-state index in [2.05, 4.69) is 36.5 Å². The van der Waals surface area contributed by atoms with Gasteiger partial charge in [0.2, 0.25) is 0 Å². The Morgan fingerprint density at radius 1 is 1.25 bits per heavy atom. The maximum absolute atomic E-state index is 9.55.